The predicted molar refractivity (Wildman–Crippen MR) is 57.1 cm³/mol. The van der Waals surface area contributed by atoms with Gasteiger partial charge in [-0.2, -0.15) is 0 Å². The van der Waals surface area contributed by atoms with Crippen LogP contribution < -0.4 is 0 Å². The molecule has 0 radical (unpaired) electrons. The molecule has 0 spiro atoms. The third kappa shape index (κ3) is 2.44. The molecule has 14 heavy (non-hydrogen) atoms. The Morgan fingerprint density at radius 2 is 1.79 bits per heavy atom. The molecule has 0 saturated carbocycles. The normalized spacial score (nSPS) is 11.3. The van der Waals surface area contributed by atoms with Crippen LogP contribution >= 0.6 is 0 Å². The lowest BCUT2D eigenvalue weighted by molar-refractivity contribution is -0.168. The SMILES string of the molecule is C=CC(Cc1ccccc1)(OC)OC. The molecule has 0 atom stereocenters. The van der Waals surface area contributed by atoms with Crippen molar-refractivity contribution < 1.29 is 9.47 Å². The van der Waals surface area contributed by atoms with Crippen molar-refractivity contribution in [3.8, 4) is 0 Å². The topological polar surface area (TPSA) is 18.5 Å². The van der Waals surface area contributed by atoms with E-state index in [1.165, 1.54) is 0 Å². The summed E-state index contributed by atoms with van der Waals surface area (Å²) < 4.78 is 10.6. The molecule has 0 bridgehead atoms. The van der Waals surface area contributed by atoms with E-state index in [1.54, 1.807) is 20.3 Å². The molecule has 0 aliphatic carbocycles. The van der Waals surface area contributed by atoms with Gasteiger partial charge in [-0.25, -0.2) is 0 Å². The molecular weight excluding hydrogens is 176 g/mol. The van der Waals surface area contributed by atoms with Gasteiger partial charge in [-0.05, 0) is 11.6 Å². The molecule has 2 nitrogen and oxygen atoms in total. The molecule has 1 aromatic rings. The first kappa shape index (κ1) is 11.0. The average molecular weight is 192 g/mol. The highest BCUT2D eigenvalue weighted by atomic mass is 16.7. The zero-order valence-corrected chi connectivity index (χ0v) is 8.69. The van der Waals surface area contributed by atoms with Crippen molar-refractivity contribution >= 4 is 0 Å². The molecule has 0 aromatic heterocycles. The number of hydrogen-bond acceptors (Lipinski definition) is 2. The molecule has 0 unspecified atom stereocenters. The number of ether oxygens (including phenoxy) is 2. The number of hydrogen-bond donors (Lipinski definition) is 0. The van der Waals surface area contributed by atoms with Gasteiger partial charge in [0.2, 0.25) is 0 Å². The van der Waals surface area contributed by atoms with Crippen molar-refractivity contribution in [2.75, 3.05) is 14.2 Å². The van der Waals surface area contributed by atoms with E-state index in [4.69, 9.17) is 9.47 Å². The van der Waals surface area contributed by atoms with E-state index >= 15 is 0 Å². The highest BCUT2D eigenvalue weighted by Crippen LogP contribution is 2.19. The van der Waals surface area contributed by atoms with Gasteiger partial charge in [-0.1, -0.05) is 36.9 Å². The Morgan fingerprint density at radius 1 is 1.21 bits per heavy atom. The fourth-order valence-electron chi connectivity index (χ4n) is 1.35. The lowest BCUT2D eigenvalue weighted by atomic mass is 10.1. The molecule has 0 N–H and O–H groups in total. The van der Waals surface area contributed by atoms with E-state index < -0.39 is 5.79 Å². The number of benzene rings is 1. The highest BCUT2D eigenvalue weighted by Gasteiger charge is 2.25. The van der Waals surface area contributed by atoms with E-state index in [0.29, 0.717) is 6.42 Å². The minimum atomic E-state index is -0.707. The molecule has 0 saturated heterocycles. The first-order valence-electron chi connectivity index (χ1n) is 4.54. The quantitative estimate of drug-likeness (QED) is 0.527. The molecule has 76 valence electrons. The van der Waals surface area contributed by atoms with Crippen molar-refractivity contribution in [2.45, 2.75) is 12.2 Å². The standard InChI is InChI=1S/C12H16O2/c1-4-12(13-2,14-3)10-11-8-6-5-7-9-11/h4-9H,1,10H2,2-3H3. The van der Waals surface area contributed by atoms with Crippen LogP contribution in [-0.2, 0) is 15.9 Å². The summed E-state index contributed by atoms with van der Waals surface area (Å²) in [6.45, 7) is 3.72. The number of methoxy groups -OCH3 is 2. The zero-order valence-electron chi connectivity index (χ0n) is 8.69. The molecule has 0 amide bonds. The van der Waals surface area contributed by atoms with Crippen molar-refractivity contribution in [3.63, 3.8) is 0 Å². The molecular formula is C12H16O2. The largest absolute Gasteiger partial charge is 0.349 e. The smallest absolute Gasteiger partial charge is 0.190 e. The van der Waals surface area contributed by atoms with E-state index in [1.807, 2.05) is 30.3 Å². The third-order valence-corrected chi connectivity index (χ3v) is 2.30. The summed E-state index contributed by atoms with van der Waals surface area (Å²) in [5.74, 6) is -0.707. The van der Waals surface area contributed by atoms with Crippen molar-refractivity contribution in [3.05, 3.63) is 48.6 Å². The maximum Gasteiger partial charge on any atom is 0.190 e. The Balaban J connectivity index is 2.79. The van der Waals surface area contributed by atoms with Crippen LogP contribution in [0, 0.1) is 0 Å². The minimum Gasteiger partial charge on any atom is -0.349 e. The van der Waals surface area contributed by atoms with Gasteiger partial charge in [-0.15, -0.1) is 0 Å². The van der Waals surface area contributed by atoms with Gasteiger partial charge in [0.15, 0.2) is 5.79 Å². The zero-order chi connectivity index (χ0) is 10.4. The maximum atomic E-state index is 5.30. The first-order chi connectivity index (χ1) is 6.76. The summed E-state index contributed by atoms with van der Waals surface area (Å²) in [5, 5.41) is 0. The van der Waals surface area contributed by atoms with E-state index in [2.05, 4.69) is 6.58 Å². The van der Waals surface area contributed by atoms with E-state index in [-0.39, 0.29) is 0 Å². The third-order valence-electron chi connectivity index (χ3n) is 2.30. The van der Waals surface area contributed by atoms with Gasteiger partial charge in [0.05, 0.1) is 0 Å². The van der Waals surface area contributed by atoms with Crippen molar-refractivity contribution in [1.82, 2.24) is 0 Å². The lowest BCUT2D eigenvalue weighted by Gasteiger charge is -2.27. The van der Waals surface area contributed by atoms with Gasteiger partial charge in [0, 0.05) is 20.6 Å². The van der Waals surface area contributed by atoms with Crippen molar-refractivity contribution in [1.29, 1.82) is 0 Å². The van der Waals surface area contributed by atoms with Gasteiger partial charge >= 0.3 is 0 Å². The summed E-state index contributed by atoms with van der Waals surface area (Å²) in [6, 6.07) is 10.0. The van der Waals surface area contributed by atoms with E-state index in [9.17, 15) is 0 Å². The first-order valence-corrected chi connectivity index (χ1v) is 4.54. The van der Waals surface area contributed by atoms with E-state index in [0.717, 1.165) is 5.56 Å². The molecule has 0 heterocycles. The summed E-state index contributed by atoms with van der Waals surface area (Å²) in [4.78, 5) is 0. The fraction of sp³-hybridized carbons (Fsp3) is 0.333. The van der Waals surface area contributed by atoms with Crippen LogP contribution in [-0.4, -0.2) is 20.0 Å². The molecule has 0 aliphatic heterocycles. The highest BCUT2D eigenvalue weighted by molar-refractivity contribution is 5.17. The Morgan fingerprint density at radius 3 is 2.21 bits per heavy atom. The Labute approximate surface area is 85.2 Å². The second kappa shape index (κ2) is 4.94. The Kier molecular flexibility index (Phi) is 3.86. The molecule has 0 aliphatic rings. The Bertz CT molecular complexity index is 276. The number of rotatable bonds is 5. The summed E-state index contributed by atoms with van der Waals surface area (Å²) in [5.41, 5.74) is 1.16. The predicted octanol–water partition coefficient (Wildman–Crippen LogP) is 2.40. The molecule has 1 aromatic carbocycles. The summed E-state index contributed by atoms with van der Waals surface area (Å²) in [7, 11) is 3.24. The van der Waals surface area contributed by atoms with Crippen LogP contribution in [0.1, 0.15) is 5.56 Å². The fourth-order valence-corrected chi connectivity index (χ4v) is 1.35. The Hall–Kier alpha value is -1.12. The monoisotopic (exact) mass is 192 g/mol. The minimum absolute atomic E-state index is 0.671. The van der Waals surface area contributed by atoms with Crippen LogP contribution in [0.2, 0.25) is 0 Å². The summed E-state index contributed by atoms with van der Waals surface area (Å²) in [6.07, 6.45) is 2.35. The molecule has 2 heteroatoms. The van der Waals surface area contributed by atoms with Crippen molar-refractivity contribution in [2.24, 2.45) is 0 Å². The van der Waals surface area contributed by atoms with Crippen LogP contribution in [0.4, 0.5) is 0 Å². The van der Waals surface area contributed by atoms with Crippen LogP contribution in [0.5, 0.6) is 0 Å². The van der Waals surface area contributed by atoms with Crippen LogP contribution in [0.3, 0.4) is 0 Å². The second-order valence-corrected chi connectivity index (χ2v) is 3.09. The summed E-state index contributed by atoms with van der Waals surface area (Å²) >= 11 is 0. The van der Waals surface area contributed by atoms with Gasteiger partial charge in [0.1, 0.15) is 0 Å². The van der Waals surface area contributed by atoms with Gasteiger partial charge < -0.3 is 9.47 Å². The average Bonchev–Trinajstić information content (AvgIpc) is 2.28. The van der Waals surface area contributed by atoms with Gasteiger partial charge in [-0.3, -0.25) is 0 Å². The maximum absolute atomic E-state index is 5.30. The molecule has 1 rings (SSSR count). The van der Waals surface area contributed by atoms with Crippen LogP contribution in [0.15, 0.2) is 43.0 Å². The van der Waals surface area contributed by atoms with Crippen LogP contribution in [0.25, 0.3) is 0 Å². The lowest BCUT2D eigenvalue weighted by Crippen LogP contribution is -2.33. The second-order valence-electron chi connectivity index (χ2n) is 3.09. The molecule has 0 fully saturated rings. The van der Waals surface area contributed by atoms with Gasteiger partial charge in [0.25, 0.3) is 0 Å².